The third-order valence-electron chi connectivity index (χ3n) is 2.78. The van der Waals surface area contributed by atoms with E-state index in [0.29, 0.717) is 5.89 Å². The average molecular weight is 260 g/mol. The van der Waals surface area contributed by atoms with Gasteiger partial charge < -0.3 is 9.52 Å². The number of aliphatic hydroxyl groups is 1. The molecule has 0 atom stereocenters. The van der Waals surface area contributed by atoms with Crippen LogP contribution in [0.15, 0.2) is 22.6 Å². The molecule has 2 heterocycles. The molecule has 3 aromatic rings. The quantitative estimate of drug-likeness (QED) is 0.769. The molecule has 0 aliphatic heterocycles. The first-order chi connectivity index (χ1) is 8.67. The van der Waals surface area contributed by atoms with Crippen molar-refractivity contribution < 1.29 is 9.52 Å². The number of aliphatic hydroxyl groups excluding tert-OH is 1. The number of aryl methyl sites for hydroxylation is 2. The second kappa shape index (κ2) is 4.19. The van der Waals surface area contributed by atoms with Crippen LogP contribution >= 0.6 is 11.3 Å². The molecule has 0 unspecified atom stereocenters. The SMILES string of the molecule is Cc1nc2ccc(-c3nc(C)c(CO)s3)cc2o1. The van der Waals surface area contributed by atoms with Gasteiger partial charge in [-0.05, 0) is 25.1 Å². The Morgan fingerprint density at radius 1 is 1.28 bits per heavy atom. The maximum atomic E-state index is 9.20. The summed E-state index contributed by atoms with van der Waals surface area (Å²) in [5.74, 6) is 0.661. The molecule has 1 N–H and O–H groups in total. The summed E-state index contributed by atoms with van der Waals surface area (Å²) in [5.41, 5.74) is 3.49. The van der Waals surface area contributed by atoms with Gasteiger partial charge in [-0.2, -0.15) is 0 Å². The second-order valence-corrected chi connectivity index (χ2v) is 5.18. The lowest BCUT2D eigenvalue weighted by molar-refractivity contribution is 0.284. The molecular formula is C13H12N2O2S. The Hall–Kier alpha value is -1.72. The van der Waals surface area contributed by atoms with Crippen molar-refractivity contribution in [3.05, 3.63) is 34.7 Å². The van der Waals surface area contributed by atoms with Crippen LogP contribution in [0.3, 0.4) is 0 Å². The van der Waals surface area contributed by atoms with E-state index in [4.69, 9.17) is 4.42 Å². The Kier molecular flexibility index (Phi) is 2.65. The maximum Gasteiger partial charge on any atom is 0.192 e. The number of thiazole rings is 1. The molecule has 0 fully saturated rings. The van der Waals surface area contributed by atoms with Crippen molar-refractivity contribution in [2.24, 2.45) is 0 Å². The molecule has 1 aromatic carbocycles. The fourth-order valence-corrected chi connectivity index (χ4v) is 2.79. The Morgan fingerprint density at radius 3 is 2.83 bits per heavy atom. The fourth-order valence-electron chi connectivity index (χ4n) is 1.87. The molecule has 0 amide bonds. The van der Waals surface area contributed by atoms with Gasteiger partial charge in [0, 0.05) is 12.5 Å². The molecule has 0 bridgehead atoms. The van der Waals surface area contributed by atoms with Crippen molar-refractivity contribution in [3.63, 3.8) is 0 Å². The normalized spacial score (nSPS) is 11.3. The largest absolute Gasteiger partial charge is 0.441 e. The molecule has 0 aliphatic carbocycles. The van der Waals surface area contributed by atoms with Crippen molar-refractivity contribution in [1.82, 2.24) is 9.97 Å². The van der Waals surface area contributed by atoms with Crippen LogP contribution in [-0.2, 0) is 6.61 Å². The molecule has 4 nitrogen and oxygen atoms in total. The highest BCUT2D eigenvalue weighted by Crippen LogP contribution is 2.30. The molecular weight excluding hydrogens is 248 g/mol. The zero-order valence-electron chi connectivity index (χ0n) is 10.1. The number of nitrogens with zero attached hydrogens (tertiary/aromatic N) is 2. The highest BCUT2D eigenvalue weighted by molar-refractivity contribution is 7.15. The van der Waals surface area contributed by atoms with Crippen molar-refractivity contribution in [1.29, 1.82) is 0 Å². The van der Waals surface area contributed by atoms with Gasteiger partial charge >= 0.3 is 0 Å². The van der Waals surface area contributed by atoms with Crippen molar-refractivity contribution in [2.75, 3.05) is 0 Å². The van der Waals surface area contributed by atoms with Crippen molar-refractivity contribution in [2.45, 2.75) is 20.5 Å². The predicted octanol–water partition coefficient (Wildman–Crippen LogP) is 3.06. The van der Waals surface area contributed by atoms with Crippen LogP contribution in [-0.4, -0.2) is 15.1 Å². The van der Waals surface area contributed by atoms with E-state index in [9.17, 15) is 5.11 Å². The number of hydrogen-bond donors (Lipinski definition) is 1. The number of benzene rings is 1. The molecule has 18 heavy (non-hydrogen) atoms. The van der Waals surface area contributed by atoms with Crippen LogP contribution in [0.5, 0.6) is 0 Å². The molecule has 0 saturated carbocycles. The summed E-state index contributed by atoms with van der Waals surface area (Å²) in [4.78, 5) is 9.63. The van der Waals surface area contributed by atoms with Gasteiger partial charge in [-0.15, -0.1) is 11.3 Å². The summed E-state index contributed by atoms with van der Waals surface area (Å²) in [6.45, 7) is 3.77. The first-order valence-corrected chi connectivity index (χ1v) is 6.44. The highest BCUT2D eigenvalue weighted by Gasteiger charge is 2.10. The van der Waals surface area contributed by atoms with Crippen LogP contribution in [0, 0.1) is 13.8 Å². The summed E-state index contributed by atoms with van der Waals surface area (Å²) in [5, 5.41) is 10.1. The van der Waals surface area contributed by atoms with E-state index < -0.39 is 0 Å². The Bertz CT molecular complexity index is 715. The highest BCUT2D eigenvalue weighted by atomic mass is 32.1. The standard InChI is InChI=1S/C13H12N2O2S/c1-7-12(6-16)18-13(14-7)9-3-4-10-11(5-9)17-8(2)15-10/h3-5,16H,6H2,1-2H3. The molecule has 2 aromatic heterocycles. The second-order valence-electron chi connectivity index (χ2n) is 4.10. The van der Waals surface area contributed by atoms with Crippen LogP contribution in [0.4, 0.5) is 0 Å². The average Bonchev–Trinajstić information content (AvgIpc) is 2.89. The third-order valence-corrected chi connectivity index (χ3v) is 3.97. The fraction of sp³-hybridized carbons (Fsp3) is 0.231. The zero-order valence-corrected chi connectivity index (χ0v) is 10.9. The predicted molar refractivity (Wildman–Crippen MR) is 70.5 cm³/mol. The van der Waals surface area contributed by atoms with E-state index in [1.165, 1.54) is 11.3 Å². The van der Waals surface area contributed by atoms with E-state index in [1.807, 2.05) is 32.0 Å². The van der Waals surface area contributed by atoms with E-state index in [2.05, 4.69) is 9.97 Å². The molecule has 0 spiro atoms. The number of oxazole rings is 1. The molecule has 0 radical (unpaired) electrons. The maximum absolute atomic E-state index is 9.20. The minimum absolute atomic E-state index is 0.0349. The lowest BCUT2D eigenvalue weighted by atomic mass is 10.2. The number of aromatic nitrogens is 2. The van der Waals surface area contributed by atoms with E-state index in [1.54, 1.807) is 0 Å². The molecule has 0 saturated heterocycles. The lowest BCUT2D eigenvalue weighted by Gasteiger charge is -1.94. The van der Waals surface area contributed by atoms with E-state index in [-0.39, 0.29) is 6.61 Å². The van der Waals surface area contributed by atoms with Gasteiger partial charge in [0.15, 0.2) is 11.5 Å². The van der Waals surface area contributed by atoms with Gasteiger partial charge in [0.1, 0.15) is 10.5 Å². The van der Waals surface area contributed by atoms with Gasteiger partial charge in [-0.25, -0.2) is 9.97 Å². The topological polar surface area (TPSA) is 59.2 Å². The zero-order chi connectivity index (χ0) is 12.7. The molecule has 0 aliphatic rings. The van der Waals surface area contributed by atoms with Crippen molar-refractivity contribution in [3.8, 4) is 10.6 Å². The number of fused-ring (bicyclic) bond motifs is 1. The van der Waals surface area contributed by atoms with E-state index in [0.717, 1.165) is 32.2 Å². The smallest absolute Gasteiger partial charge is 0.192 e. The van der Waals surface area contributed by atoms with Gasteiger partial charge in [0.2, 0.25) is 0 Å². The van der Waals surface area contributed by atoms with Crippen LogP contribution in [0.1, 0.15) is 16.5 Å². The van der Waals surface area contributed by atoms with Gasteiger partial charge in [-0.1, -0.05) is 0 Å². The van der Waals surface area contributed by atoms with Crippen LogP contribution < -0.4 is 0 Å². The van der Waals surface area contributed by atoms with E-state index >= 15 is 0 Å². The van der Waals surface area contributed by atoms with Crippen LogP contribution in [0.25, 0.3) is 21.7 Å². The summed E-state index contributed by atoms with van der Waals surface area (Å²) < 4.78 is 5.51. The molecule has 5 heteroatoms. The lowest BCUT2D eigenvalue weighted by Crippen LogP contribution is -1.80. The summed E-state index contributed by atoms with van der Waals surface area (Å²) in [7, 11) is 0. The Balaban J connectivity index is 2.12. The van der Waals surface area contributed by atoms with Gasteiger partial charge in [0.25, 0.3) is 0 Å². The van der Waals surface area contributed by atoms with Crippen LogP contribution in [0.2, 0.25) is 0 Å². The van der Waals surface area contributed by atoms with Gasteiger partial charge in [0.05, 0.1) is 17.2 Å². The first kappa shape index (κ1) is 11.4. The van der Waals surface area contributed by atoms with Crippen molar-refractivity contribution >= 4 is 22.4 Å². The minimum atomic E-state index is 0.0349. The Labute approximate surface area is 108 Å². The minimum Gasteiger partial charge on any atom is -0.441 e. The molecule has 92 valence electrons. The Morgan fingerprint density at radius 2 is 2.11 bits per heavy atom. The monoisotopic (exact) mass is 260 g/mol. The summed E-state index contributed by atoms with van der Waals surface area (Å²) in [6, 6.07) is 5.84. The van der Waals surface area contributed by atoms with Gasteiger partial charge in [-0.3, -0.25) is 0 Å². The molecule has 3 rings (SSSR count). The third kappa shape index (κ3) is 1.81. The number of hydrogen-bond acceptors (Lipinski definition) is 5. The summed E-state index contributed by atoms with van der Waals surface area (Å²) in [6.07, 6.45) is 0. The first-order valence-electron chi connectivity index (χ1n) is 5.62. The number of rotatable bonds is 2. The summed E-state index contributed by atoms with van der Waals surface area (Å²) >= 11 is 1.50.